The molecule has 0 N–H and O–H groups in total. The van der Waals surface area contributed by atoms with Crippen LogP contribution in [-0.4, -0.2) is 44.5 Å². The number of hydrogen-bond donors (Lipinski definition) is 0. The van der Waals surface area contributed by atoms with Crippen LogP contribution in [0.25, 0.3) is 0 Å². The fraction of sp³-hybridized carbons (Fsp3) is 0.500. The predicted octanol–water partition coefficient (Wildman–Crippen LogP) is 3.61. The second-order valence-electron chi connectivity index (χ2n) is 8.78. The van der Waals surface area contributed by atoms with Gasteiger partial charge in [0.25, 0.3) is 0 Å². The minimum absolute atomic E-state index is 0.0269. The smallest absolute Gasteiger partial charge is 0.246 e. The molecule has 0 unspecified atom stereocenters. The predicted molar refractivity (Wildman–Crippen MR) is 117 cm³/mol. The maximum Gasteiger partial charge on any atom is 0.246 e. The summed E-state index contributed by atoms with van der Waals surface area (Å²) < 4.78 is 39.8. The highest BCUT2D eigenvalue weighted by atomic mass is 32.2. The van der Waals surface area contributed by atoms with Gasteiger partial charge in [-0.15, -0.1) is 0 Å². The molecule has 4 aliphatic rings. The summed E-state index contributed by atoms with van der Waals surface area (Å²) in [7, 11) is -2.31. The number of ether oxygens (including phenoxy) is 2. The van der Waals surface area contributed by atoms with E-state index in [4.69, 9.17) is 9.47 Å². The third kappa shape index (κ3) is 3.40. The molecule has 0 spiro atoms. The zero-order chi connectivity index (χ0) is 22.5. The van der Waals surface area contributed by atoms with Gasteiger partial charge in [0.05, 0.1) is 7.11 Å². The van der Waals surface area contributed by atoms with Crippen molar-refractivity contribution in [2.75, 3.05) is 20.2 Å². The van der Waals surface area contributed by atoms with E-state index >= 15 is 0 Å². The topological polar surface area (TPSA) is 90.0 Å². The van der Waals surface area contributed by atoms with E-state index in [0.29, 0.717) is 67.0 Å². The molecule has 170 valence electrons. The van der Waals surface area contributed by atoms with Crippen LogP contribution < -0.4 is 4.74 Å². The van der Waals surface area contributed by atoms with E-state index in [1.807, 2.05) is 0 Å². The molecule has 1 aromatic rings. The van der Waals surface area contributed by atoms with Crippen molar-refractivity contribution in [3.63, 3.8) is 0 Å². The summed E-state index contributed by atoms with van der Waals surface area (Å²) in [6.45, 7) is 0.961. The van der Waals surface area contributed by atoms with Crippen molar-refractivity contribution < 1.29 is 27.5 Å². The monoisotopic (exact) mass is 457 g/mol. The first kappa shape index (κ1) is 21.4. The highest BCUT2D eigenvalue weighted by molar-refractivity contribution is 7.89. The fourth-order valence-corrected chi connectivity index (χ4v) is 7.00. The number of allylic oxidation sites excluding steroid dienone is 4. The Bertz CT molecular complexity index is 1110. The molecule has 1 saturated heterocycles. The van der Waals surface area contributed by atoms with Crippen molar-refractivity contribution in [1.29, 1.82) is 0 Å². The Labute approximate surface area is 188 Å². The van der Waals surface area contributed by atoms with Gasteiger partial charge < -0.3 is 9.47 Å². The number of methoxy groups -OCH3 is 1. The average Bonchev–Trinajstić information content (AvgIpc) is 3.34. The summed E-state index contributed by atoms with van der Waals surface area (Å²) >= 11 is 0. The van der Waals surface area contributed by atoms with Crippen LogP contribution in [0.1, 0.15) is 62.8 Å². The van der Waals surface area contributed by atoms with Crippen LogP contribution in [0, 0.1) is 0 Å². The maximum atomic E-state index is 13.4. The lowest BCUT2D eigenvalue weighted by Crippen LogP contribution is -2.31. The Morgan fingerprint density at radius 1 is 0.906 bits per heavy atom. The van der Waals surface area contributed by atoms with E-state index in [-0.39, 0.29) is 22.2 Å². The van der Waals surface area contributed by atoms with Gasteiger partial charge in [-0.1, -0.05) is 6.07 Å². The quantitative estimate of drug-likeness (QED) is 0.686. The van der Waals surface area contributed by atoms with Gasteiger partial charge in [0, 0.05) is 55.8 Å². The molecule has 2 aliphatic heterocycles. The number of hydrogen-bond acceptors (Lipinski definition) is 6. The van der Waals surface area contributed by atoms with Gasteiger partial charge in [0.15, 0.2) is 11.6 Å². The second kappa shape index (κ2) is 8.15. The number of Topliss-reactive ketones (excluding diaryl/α,β-unsaturated/α-hetero) is 2. The van der Waals surface area contributed by atoms with E-state index in [9.17, 15) is 18.0 Å². The summed E-state index contributed by atoms with van der Waals surface area (Å²) in [5, 5.41) is 0. The number of sulfonamides is 1. The first-order valence-electron chi connectivity index (χ1n) is 11.3. The van der Waals surface area contributed by atoms with Gasteiger partial charge in [-0.2, -0.15) is 4.31 Å². The first-order chi connectivity index (χ1) is 15.4. The molecule has 2 aliphatic carbocycles. The fourth-order valence-electron chi connectivity index (χ4n) is 5.29. The van der Waals surface area contributed by atoms with Gasteiger partial charge in [-0.25, -0.2) is 8.42 Å². The van der Waals surface area contributed by atoms with Crippen LogP contribution in [-0.2, 0) is 24.3 Å². The van der Waals surface area contributed by atoms with E-state index in [0.717, 1.165) is 25.7 Å². The molecule has 7 nitrogen and oxygen atoms in total. The molecule has 0 saturated carbocycles. The second-order valence-corrected chi connectivity index (χ2v) is 10.7. The molecule has 1 fully saturated rings. The summed E-state index contributed by atoms with van der Waals surface area (Å²) in [6.07, 6.45) is 5.22. The lowest BCUT2D eigenvalue weighted by atomic mass is 9.73. The van der Waals surface area contributed by atoms with Gasteiger partial charge in [-0.05, 0) is 43.4 Å². The van der Waals surface area contributed by atoms with Crippen molar-refractivity contribution >= 4 is 21.6 Å². The molecule has 0 atom stereocenters. The SMILES string of the molecule is COc1ccc(C2C3=C(CCCC3=O)OC3=C2C(=O)CCC3)cc1S(=O)(=O)N1CCCC1. The first-order valence-corrected chi connectivity index (χ1v) is 12.7. The van der Waals surface area contributed by atoms with Crippen LogP contribution >= 0.6 is 0 Å². The van der Waals surface area contributed by atoms with Crippen molar-refractivity contribution in [1.82, 2.24) is 4.31 Å². The number of carbonyl (C=O) groups is 2. The van der Waals surface area contributed by atoms with E-state index in [1.54, 1.807) is 18.2 Å². The lowest BCUT2D eigenvalue weighted by molar-refractivity contribution is -0.117. The number of rotatable bonds is 4. The summed E-state index contributed by atoms with van der Waals surface area (Å²) in [6, 6.07) is 5.01. The molecule has 0 aromatic heterocycles. The third-order valence-corrected chi connectivity index (χ3v) is 8.76. The van der Waals surface area contributed by atoms with Crippen molar-refractivity contribution in [3.05, 3.63) is 46.4 Å². The standard InChI is InChI=1S/C24H27NO6S/c1-30-18-11-10-15(14-21(18)32(28,29)25-12-2-3-13-25)22-23-16(26)6-4-8-19(23)31-20-9-5-7-17(27)24(20)22/h10-11,14,22H,2-9,12-13H2,1H3. The van der Waals surface area contributed by atoms with Crippen molar-refractivity contribution in [2.24, 2.45) is 0 Å². The van der Waals surface area contributed by atoms with E-state index in [1.165, 1.54) is 11.4 Å². The van der Waals surface area contributed by atoms with Crippen molar-refractivity contribution in [3.8, 4) is 5.75 Å². The number of nitrogens with zero attached hydrogens (tertiary/aromatic N) is 1. The van der Waals surface area contributed by atoms with E-state index in [2.05, 4.69) is 0 Å². The molecule has 32 heavy (non-hydrogen) atoms. The summed E-state index contributed by atoms with van der Waals surface area (Å²) in [5.41, 5.74) is 1.65. The minimum Gasteiger partial charge on any atom is -0.495 e. The number of benzene rings is 1. The molecule has 5 rings (SSSR count). The normalized spacial score (nSPS) is 22.7. The van der Waals surface area contributed by atoms with Gasteiger partial charge in [0.2, 0.25) is 10.0 Å². The molecule has 8 heteroatoms. The Hall–Kier alpha value is -2.45. The van der Waals surface area contributed by atoms with Crippen LogP contribution in [0.15, 0.2) is 45.8 Å². The molecule has 0 amide bonds. The van der Waals surface area contributed by atoms with Gasteiger partial charge in [0.1, 0.15) is 22.2 Å². The highest BCUT2D eigenvalue weighted by Gasteiger charge is 2.42. The molecule has 1 aromatic carbocycles. The van der Waals surface area contributed by atoms with Crippen LogP contribution in [0.3, 0.4) is 0 Å². The highest BCUT2D eigenvalue weighted by Crippen LogP contribution is 2.48. The average molecular weight is 458 g/mol. The number of carbonyl (C=O) groups excluding carboxylic acids is 2. The zero-order valence-corrected chi connectivity index (χ0v) is 19.0. The molecule has 0 radical (unpaired) electrons. The minimum atomic E-state index is -3.75. The van der Waals surface area contributed by atoms with Gasteiger partial charge >= 0.3 is 0 Å². The Morgan fingerprint density at radius 2 is 1.50 bits per heavy atom. The Morgan fingerprint density at radius 3 is 2.06 bits per heavy atom. The van der Waals surface area contributed by atoms with E-state index < -0.39 is 15.9 Å². The maximum absolute atomic E-state index is 13.4. The number of ketones is 2. The zero-order valence-electron chi connectivity index (χ0n) is 18.2. The largest absolute Gasteiger partial charge is 0.495 e. The third-order valence-electron chi connectivity index (χ3n) is 6.84. The molecular weight excluding hydrogens is 430 g/mol. The lowest BCUT2D eigenvalue weighted by Gasteiger charge is -2.36. The Kier molecular flexibility index (Phi) is 5.45. The molecule has 2 heterocycles. The molecular formula is C24H27NO6S. The molecule has 0 bridgehead atoms. The summed E-state index contributed by atoms with van der Waals surface area (Å²) in [5.74, 6) is 0.898. The summed E-state index contributed by atoms with van der Waals surface area (Å²) in [4.78, 5) is 26.1. The van der Waals surface area contributed by atoms with Crippen molar-refractivity contribution in [2.45, 2.75) is 62.2 Å². The Balaban J connectivity index is 1.68. The van der Waals surface area contributed by atoms with Crippen LogP contribution in [0.4, 0.5) is 0 Å². The van der Waals surface area contributed by atoms with Gasteiger partial charge in [-0.3, -0.25) is 9.59 Å². The van der Waals surface area contributed by atoms with Crippen LogP contribution in [0.2, 0.25) is 0 Å². The van der Waals surface area contributed by atoms with Crippen LogP contribution in [0.5, 0.6) is 5.75 Å².